The summed E-state index contributed by atoms with van der Waals surface area (Å²) in [6, 6.07) is 20.1. The third kappa shape index (κ3) is 20.9. The SMILES string of the molecule is C=CC=C(C)C.C=CC=C(C)C.C=Cc1ccccc1.C=Cc1ccccc1. The fourth-order valence-corrected chi connectivity index (χ4v) is 1.65. The van der Waals surface area contributed by atoms with Crippen molar-refractivity contribution >= 4 is 12.2 Å². The van der Waals surface area contributed by atoms with Gasteiger partial charge in [0.1, 0.15) is 0 Å². The molecule has 2 rings (SSSR count). The van der Waals surface area contributed by atoms with Gasteiger partial charge in [0.2, 0.25) is 0 Å². The summed E-state index contributed by atoms with van der Waals surface area (Å²) in [6.07, 6.45) is 11.2. The molecule has 0 amide bonds. The zero-order valence-corrected chi connectivity index (χ0v) is 18.1. The molecule has 0 saturated carbocycles. The number of rotatable bonds is 4. The van der Waals surface area contributed by atoms with E-state index in [9.17, 15) is 0 Å². The van der Waals surface area contributed by atoms with Crippen LogP contribution in [0.1, 0.15) is 38.8 Å². The molecule has 0 aromatic heterocycles. The van der Waals surface area contributed by atoms with Crippen LogP contribution in [0.15, 0.2) is 122 Å². The second-order valence-corrected chi connectivity index (χ2v) is 6.19. The molecule has 0 saturated heterocycles. The quantitative estimate of drug-likeness (QED) is 0.470. The van der Waals surface area contributed by atoms with E-state index >= 15 is 0 Å². The van der Waals surface area contributed by atoms with E-state index in [1.807, 2.05) is 113 Å². The Morgan fingerprint density at radius 1 is 0.536 bits per heavy atom. The smallest absolute Gasteiger partial charge is 0.0263 e. The molecule has 0 heterocycles. The Morgan fingerprint density at radius 2 is 0.821 bits per heavy atom. The van der Waals surface area contributed by atoms with Gasteiger partial charge in [-0.3, -0.25) is 0 Å². The molecule has 0 aliphatic rings. The molecule has 0 heteroatoms. The Balaban J connectivity index is 0. The van der Waals surface area contributed by atoms with E-state index in [0.29, 0.717) is 0 Å². The van der Waals surface area contributed by atoms with Crippen LogP contribution in [-0.2, 0) is 0 Å². The molecule has 148 valence electrons. The lowest BCUT2D eigenvalue weighted by atomic mass is 10.2. The summed E-state index contributed by atoms with van der Waals surface area (Å²) < 4.78 is 0. The van der Waals surface area contributed by atoms with E-state index in [1.54, 1.807) is 12.2 Å². The Hall–Kier alpha value is -3.12. The lowest BCUT2D eigenvalue weighted by Gasteiger charge is -1.85. The van der Waals surface area contributed by atoms with Crippen molar-refractivity contribution in [1.82, 2.24) is 0 Å². The van der Waals surface area contributed by atoms with Crippen molar-refractivity contribution in [3.05, 3.63) is 134 Å². The summed E-state index contributed by atoms with van der Waals surface area (Å²) in [5.74, 6) is 0. The van der Waals surface area contributed by atoms with Gasteiger partial charge in [0.25, 0.3) is 0 Å². The molecule has 0 unspecified atom stereocenters. The molecule has 0 N–H and O–H groups in total. The van der Waals surface area contributed by atoms with Crippen LogP contribution in [0.2, 0.25) is 0 Å². The van der Waals surface area contributed by atoms with Gasteiger partial charge in [0.15, 0.2) is 0 Å². The fraction of sp³-hybridized carbons (Fsp3) is 0.143. The van der Waals surface area contributed by atoms with Crippen molar-refractivity contribution in [2.75, 3.05) is 0 Å². The van der Waals surface area contributed by atoms with Crippen LogP contribution in [0.25, 0.3) is 12.2 Å². The fourth-order valence-electron chi connectivity index (χ4n) is 1.65. The first kappa shape index (κ1) is 27.1. The van der Waals surface area contributed by atoms with Crippen LogP contribution in [-0.4, -0.2) is 0 Å². The first-order valence-corrected chi connectivity index (χ1v) is 9.28. The highest BCUT2D eigenvalue weighted by atomic mass is 13.8. The average molecular weight is 373 g/mol. The second-order valence-electron chi connectivity index (χ2n) is 6.19. The third-order valence-electron chi connectivity index (χ3n) is 2.97. The average Bonchev–Trinajstić information content (AvgIpc) is 2.70. The van der Waals surface area contributed by atoms with E-state index in [0.717, 1.165) is 0 Å². The van der Waals surface area contributed by atoms with Crippen LogP contribution in [0.3, 0.4) is 0 Å². The maximum Gasteiger partial charge on any atom is -0.0263 e. The minimum atomic E-state index is 1.17. The molecule has 0 radical (unpaired) electrons. The van der Waals surface area contributed by atoms with Gasteiger partial charge < -0.3 is 0 Å². The lowest BCUT2D eigenvalue weighted by Crippen LogP contribution is -1.63. The summed E-state index contributed by atoms with van der Waals surface area (Å²) in [6.45, 7) is 22.5. The topological polar surface area (TPSA) is 0 Å². The second kappa shape index (κ2) is 20.2. The van der Waals surface area contributed by atoms with E-state index in [2.05, 4.69) is 26.3 Å². The molecule has 0 aliphatic carbocycles. The highest BCUT2D eigenvalue weighted by Gasteiger charge is 1.76. The molecule has 2 aromatic rings. The van der Waals surface area contributed by atoms with Crippen LogP contribution < -0.4 is 0 Å². The van der Waals surface area contributed by atoms with Crippen molar-refractivity contribution in [1.29, 1.82) is 0 Å². The van der Waals surface area contributed by atoms with E-state index in [1.165, 1.54) is 22.3 Å². The van der Waals surface area contributed by atoms with Crippen molar-refractivity contribution < 1.29 is 0 Å². The molecule has 2 aromatic carbocycles. The summed E-state index contributed by atoms with van der Waals surface area (Å²) in [4.78, 5) is 0. The highest BCUT2D eigenvalue weighted by molar-refractivity contribution is 5.46. The highest BCUT2D eigenvalue weighted by Crippen LogP contribution is 1.98. The first-order chi connectivity index (χ1) is 13.4. The number of hydrogen-bond acceptors (Lipinski definition) is 0. The Bertz CT molecular complexity index is 640. The van der Waals surface area contributed by atoms with Gasteiger partial charge in [0.05, 0.1) is 0 Å². The zero-order valence-electron chi connectivity index (χ0n) is 18.1. The van der Waals surface area contributed by atoms with Crippen molar-refractivity contribution in [3.8, 4) is 0 Å². The van der Waals surface area contributed by atoms with E-state index < -0.39 is 0 Å². The Morgan fingerprint density at radius 3 is 0.929 bits per heavy atom. The number of allylic oxidation sites excluding steroid dienone is 6. The molecular formula is C28H36. The zero-order chi connectivity index (χ0) is 21.6. The van der Waals surface area contributed by atoms with Gasteiger partial charge in [-0.1, -0.05) is 135 Å². The third-order valence-corrected chi connectivity index (χ3v) is 2.97. The van der Waals surface area contributed by atoms with Gasteiger partial charge >= 0.3 is 0 Å². The van der Waals surface area contributed by atoms with Crippen LogP contribution in [0.5, 0.6) is 0 Å². The van der Waals surface area contributed by atoms with Gasteiger partial charge in [-0.15, -0.1) is 0 Å². The maximum atomic E-state index is 3.63. The van der Waals surface area contributed by atoms with Gasteiger partial charge in [-0.2, -0.15) is 0 Å². The minimum Gasteiger partial charge on any atom is -0.0991 e. The molecule has 0 fully saturated rings. The summed E-state index contributed by atoms with van der Waals surface area (Å²) in [5, 5.41) is 0. The number of hydrogen-bond donors (Lipinski definition) is 0. The summed E-state index contributed by atoms with van der Waals surface area (Å²) in [7, 11) is 0. The van der Waals surface area contributed by atoms with Crippen LogP contribution in [0, 0.1) is 0 Å². The predicted molar refractivity (Wildman–Crippen MR) is 132 cm³/mol. The Kier molecular flexibility index (Phi) is 19.5. The van der Waals surface area contributed by atoms with E-state index in [4.69, 9.17) is 0 Å². The molecule has 0 spiro atoms. The standard InChI is InChI=1S/2C8H8.2C6H10/c2*1-2-8-6-4-3-5-7-8;2*1-4-5-6(2)3/h2*2-7H,1H2;2*4-5H,1H2,2-3H3. The maximum absolute atomic E-state index is 3.63. The van der Waals surface area contributed by atoms with Gasteiger partial charge in [-0.25, -0.2) is 0 Å². The molecule has 0 nitrogen and oxygen atoms in total. The largest absolute Gasteiger partial charge is 0.0991 e. The summed E-state index contributed by atoms with van der Waals surface area (Å²) >= 11 is 0. The minimum absolute atomic E-state index is 1.17. The Labute approximate surface area is 173 Å². The van der Waals surface area contributed by atoms with Crippen molar-refractivity contribution in [2.24, 2.45) is 0 Å². The predicted octanol–water partition coefficient (Wildman–Crippen LogP) is 8.94. The van der Waals surface area contributed by atoms with Crippen molar-refractivity contribution in [3.63, 3.8) is 0 Å². The van der Waals surface area contributed by atoms with Crippen LogP contribution in [0.4, 0.5) is 0 Å². The lowest BCUT2D eigenvalue weighted by molar-refractivity contribution is 1.39. The van der Waals surface area contributed by atoms with Gasteiger partial charge in [-0.05, 0) is 38.8 Å². The van der Waals surface area contributed by atoms with Crippen LogP contribution >= 0.6 is 0 Å². The van der Waals surface area contributed by atoms with Gasteiger partial charge in [0, 0.05) is 0 Å². The van der Waals surface area contributed by atoms with Crippen molar-refractivity contribution in [2.45, 2.75) is 27.7 Å². The summed E-state index contributed by atoms with van der Waals surface area (Å²) in [5.41, 5.74) is 4.94. The van der Waals surface area contributed by atoms with E-state index in [-0.39, 0.29) is 0 Å². The molecule has 28 heavy (non-hydrogen) atoms. The first-order valence-electron chi connectivity index (χ1n) is 9.28. The molecule has 0 bridgehead atoms. The molecule has 0 atom stereocenters. The normalized spacial score (nSPS) is 7.86. The molecule has 0 aliphatic heterocycles. The molecular weight excluding hydrogens is 336 g/mol. The number of benzene rings is 2. The monoisotopic (exact) mass is 372 g/mol.